The molecule has 0 spiro atoms. The van der Waals surface area contributed by atoms with Gasteiger partial charge in [0, 0.05) is 4.47 Å². The minimum absolute atomic E-state index is 0.551. The second-order valence-corrected chi connectivity index (χ2v) is 4.50. The number of hydrogen-bond donors (Lipinski definition) is 3. The van der Waals surface area contributed by atoms with Crippen LogP contribution in [0.15, 0.2) is 22.7 Å². The number of aryl methyl sites for hydroxylation is 1. The first-order valence-electron chi connectivity index (χ1n) is 4.96. The Kier molecular flexibility index (Phi) is 4.51. The van der Waals surface area contributed by atoms with Crippen LogP contribution in [0.5, 0.6) is 0 Å². The molecule has 0 bridgehead atoms. The summed E-state index contributed by atoms with van der Waals surface area (Å²) in [7, 11) is 0. The minimum Gasteiger partial charge on any atom is -0.480 e. The Morgan fingerprint density at radius 3 is 2.59 bits per heavy atom. The molecule has 1 aromatic rings. The molecule has 1 atom stereocenters. The summed E-state index contributed by atoms with van der Waals surface area (Å²) in [5.41, 5.74) is 1.65. The zero-order valence-electron chi connectivity index (χ0n) is 9.45. The van der Waals surface area contributed by atoms with Crippen molar-refractivity contribution in [1.29, 1.82) is 0 Å². The molecule has 0 saturated carbocycles. The number of rotatable bonds is 3. The quantitative estimate of drug-likeness (QED) is 0.802. The van der Waals surface area contributed by atoms with E-state index in [2.05, 4.69) is 26.6 Å². The predicted molar refractivity (Wildman–Crippen MR) is 68.1 cm³/mol. The van der Waals surface area contributed by atoms with Crippen LogP contribution in [-0.2, 0) is 4.79 Å². The first-order chi connectivity index (χ1) is 7.90. The molecule has 5 nitrogen and oxygen atoms in total. The van der Waals surface area contributed by atoms with Crippen molar-refractivity contribution in [2.75, 3.05) is 5.32 Å². The van der Waals surface area contributed by atoms with Gasteiger partial charge in [0.15, 0.2) is 0 Å². The average molecular weight is 301 g/mol. The van der Waals surface area contributed by atoms with E-state index in [0.29, 0.717) is 5.69 Å². The summed E-state index contributed by atoms with van der Waals surface area (Å²) in [5.74, 6) is -1.08. The molecule has 0 saturated heterocycles. The molecule has 0 fully saturated rings. The van der Waals surface area contributed by atoms with Crippen molar-refractivity contribution in [3.63, 3.8) is 0 Å². The van der Waals surface area contributed by atoms with Crippen LogP contribution < -0.4 is 10.6 Å². The highest BCUT2D eigenvalue weighted by Crippen LogP contribution is 2.23. The zero-order valence-corrected chi connectivity index (χ0v) is 11.0. The van der Waals surface area contributed by atoms with E-state index in [-0.39, 0.29) is 0 Å². The molecule has 0 aliphatic heterocycles. The number of nitrogens with one attached hydrogen (secondary N) is 2. The standard InChI is InChI=1S/C11H13BrN2O3/c1-6-3-4-9(8(12)5-6)14-11(17)13-7(2)10(15)16/h3-5,7H,1-2H3,(H,15,16)(H2,13,14,17)/t7-/m0/s1. The molecule has 0 aliphatic carbocycles. The second kappa shape index (κ2) is 5.67. The lowest BCUT2D eigenvalue weighted by Gasteiger charge is -2.12. The van der Waals surface area contributed by atoms with Gasteiger partial charge in [0.05, 0.1) is 5.69 Å². The van der Waals surface area contributed by atoms with Gasteiger partial charge in [0.2, 0.25) is 0 Å². The van der Waals surface area contributed by atoms with Gasteiger partial charge < -0.3 is 15.7 Å². The van der Waals surface area contributed by atoms with Gasteiger partial charge >= 0.3 is 12.0 Å². The number of urea groups is 1. The van der Waals surface area contributed by atoms with E-state index >= 15 is 0 Å². The van der Waals surface area contributed by atoms with Gasteiger partial charge in [-0.05, 0) is 47.5 Å². The van der Waals surface area contributed by atoms with E-state index in [4.69, 9.17) is 5.11 Å². The Bertz CT molecular complexity index is 448. The highest BCUT2D eigenvalue weighted by atomic mass is 79.9. The number of benzene rings is 1. The summed E-state index contributed by atoms with van der Waals surface area (Å²) in [5, 5.41) is 13.5. The average Bonchev–Trinajstić information content (AvgIpc) is 2.22. The molecule has 0 heterocycles. The molecule has 0 aliphatic rings. The van der Waals surface area contributed by atoms with Gasteiger partial charge in [-0.1, -0.05) is 6.07 Å². The number of aliphatic carboxylic acids is 1. The largest absolute Gasteiger partial charge is 0.480 e. The van der Waals surface area contributed by atoms with E-state index in [9.17, 15) is 9.59 Å². The number of carbonyl (C=O) groups excluding carboxylic acids is 1. The van der Waals surface area contributed by atoms with Gasteiger partial charge in [0.1, 0.15) is 6.04 Å². The Labute approximate surface area is 107 Å². The normalized spacial score (nSPS) is 11.7. The molecule has 1 aromatic carbocycles. The maximum Gasteiger partial charge on any atom is 0.325 e. The molecule has 2 amide bonds. The number of carboxylic acid groups (broad SMARTS) is 1. The third-order valence-corrected chi connectivity index (χ3v) is 2.75. The molecule has 0 aromatic heterocycles. The summed E-state index contributed by atoms with van der Waals surface area (Å²) >= 11 is 3.31. The summed E-state index contributed by atoms with van der Waals surface area (Å²) in [6.07, 6.45) is 0. The Balaban J connectivity index is 2.65. The molecule has 0 unspecified atom stereocenters. The highest BCUT2D eigenvalue weighted by molar-refractivity contribution is 9.10. The fraction of sp³-hybridized carbons (Fsp3) is 0.273. The van der Waals surface area contributed by atoms with Crippen molar-refractivity contribution in [2.45, 2.75) is 19.9 Å². The van der Waals surface area contributed by atoms with Crippen LogP contribution in [0, 0.1) is 6.92 Å². The second-order valence-electron chi connectivity index (χ2n) is 3.64. The van der Waals surface area contributed by atoms with Gasteiger partial charge in [0.25, 0.3) is 0 Å². The SMILES string of the molecule is Cc1ccc(NC(=O)N[C@@H](C)C(=O)O)c(Br)c1. The Morgan fingerprint density at radius 1 is 1.41 bits per heavy atom. The summed E-state index contributed by atoms with van der Waals surface area (Å²) in [4.78, 5) is 22.0. The van der Waals surface area contributed by atoms with Gasteiger partial charge in [-0.15, -0.1) is 0 Å². The van der Waals surface area contributed by atoms with Crippen LogP contribution in [0.1, 0.15) is 12.5 Å². The van der Waals surface area contributed by atoms with E-state index < -0.39 is 18.0 Å². The van der Waals surface area contributed by atoms with Crippen molar-refractivity contribution >= 4 is 33.6 Å². The van der Waals surface area contributed by atoms with E-state index in [1.54, 1.807) is 6.07 Å². The third-order valence-electron chi connectivity index (χ3n) is 2.09. The summed E-state index contributed by atoms with van der Waals surface area (Å²) in [6.45, 7) is 3.33. The molecule has 17 heavy (non-hydrogen) atoms. The fourth-order valence-electron chi connectivity index (χ4n) is 1.14. The van der Waals surface area contributed by atoms with Gasteiger partial charge in [-0.25, -0.2) is 4.79 Å². The number of carbonyl (C=O) groups is 2. The lowest BCUT2D eigenvalue weighted by molar-refractivity contribution is -0.138. The van der Waals surface area contributed by atoms with E-state index in [0.717, 1.165) is 10.0 Å². The molecule has 0 radical (unpaired) electrons. The molecular weight excluding hydrogens is 288 g/mol. The Morgan fingerprint density at radius 2 is 2.06 bits per heavy atom. The molecule has 92 valence electrons. The third kappa shape index (κ3) is 4.07. The van der Waals surface area contributed by atoms with Crippen LogP contribution in [0.2, 0.25) is 0 Å². The van der Waals surface area contributed by atoms with Gasteiger partial charge in [-0.3, -0.25) is 4.79 Å². The van der Waals surface area contributed by atoms with Crippen LogP contribution in [0.25, 0.3) is 0 Å². The van der Waals surface area contributed by atoms with Crippen LogP contribution >= 0.6 is 15.9 Å². The van der Waals surface area contributed by atoms with E-state index in [1.807, 2.05) is 19.1 Å². The van der Waals surface area contributed by atoms with Crippen molar-refractivity contribution in [1.82, 2.24) is 5.32 Å². The molecular formula is C11H13BrN2O3. The molecule has 3 N–H and O–H groups in total. The maximum absolute atomic E-state index is 11.5. The Hall–Kier alpha value is -1.56. The zero-order chi connectivity index (χ0) is 13.0. The number of halogens is 1. The number of carboxylic acids is 1. The number of anilines is 1. The topological polar surface area (TPSA) is 78.4 Å². The van der Waals surface area contributed by atoms with Crippen molar-refractivity contribution < 1.29 is 14.7 Å². The van der Waals surface area contributed by atoms with Crippen LogP contribution in [0.4, 0.5) is 10.5 Å². The van der Waals surface area contributed by atoms with Crippen LogP contribution in [0.3, 0.4) is 0 Å². The minimum atomic E-state index is -1.08. The summed E-state index contributed by atoms with van der Waals surface area (Å²) < 4.78 is 0.746. The lowest BCUT2D eigenvalue weighted by atomic mass is 10.2. The predicted octanol–water partition coefficient (Wildman–Crippen LogP) is 2.35. The number of hydrogen-bond acceptors (Lipinski definition) is 2. The van der Waals surface area contributed by atoms with E-state index in [1.165, 1.54) is 6.92 Å². The fourth-order valence-corrected chi connectivity index (χ4v) is 1.73. The first kappa shape index (κ1) is 13.5. The number of amides is 2. The maximum atomic E-state index is 11.5. The van der Waals surface area contributed by atoms with Gasteiger partial charge in [-0.2, -0.15) is 0 Å². The van der Waals surface area contributed by atoms with Crippen molar-refractivity contribution in [3.8, 4) is 0 Å². The van der Waals surface area contributed by atoms with Crippen molar-refractivity contribution in [3.05, 3.63) is 28.2 Å². The van der Waals surface area contributed by atoms with Crippen molar-refractivity contribution in [2.24, 2.45) is 0 Å². The summed E-state index contributed by atoms with van der Waals surface area (Å²) in [6, 6.07) is 3.96. The monoisotopic (exact) mass is 300 g/mol. The molecule has 6 heteroatoms. The smallest absolute Gasteiger partial charge is 0.325 e. The first-order valence-corrected chi connectivity index (χ1v) is 5.76. The molecule has 1 rings (SSSR count). The van der Waals surface area contributed by atoms with Crippen LogP contribution in [-0.4, -0.2) is 23.1 Å². The lowest BCUT2D eigenvalue weighted by Crippen LogP contribution is -2.40. The highest BCUT2D eigenvalue weighted by Gasteiger charge is 2.14.